The highest BCUT2D eigenvalue weighted by Crippen LogP contribution is 1.87. The van der Waals surface area contributed by atoms with E-state index in [1.54, 1.807) is 7.05 Å². The number of nitrogens with zero attached hydrogens (tertiary/aromatic N) is 4. The molecule has 6 heteroatoms. The normalized spacial score (nSPS) is 10.6. The maximum Gasteiger partial charge on any atom is 0.188 e. The Balaban J connectivity index is 2.06. The van der Waals surface area contributed by atoms with Crippen LogP contribution in [-0.4, -0.2) is 38.5 Å². The minimum Gasteiger partial charge on any atom is -0.396 e. The fraction of sp³-hybridized carbons (Fsp3) is 0.857. The van der Waals surface area contributed by atoms with E-state index in [9.17, 15) is 0 Å². The van der Waals surface area contributed by atoms with E-state index in [1.807, 2.05) is 0 Å². The fourth-order valence-electron chi connectivity index (χ4n) is 0.956. The first-order chi connectivity index (χ1) is 6.33. The Morgan fingerprint density at radius 1 is 1.46 bits per heavy atom. The summed E-state index contributed by atoms with van der Waals surface area (Å²) >= 11 is 0. The van der Waals surface area contributed by atoms with Crippen molar-refractivity contribution in [2.75, 3.05) is 13.2 Å². The Hall–Kier alpha value is -1.01. The molecular weight excluding hydrogens is 170 g/mol. The van der Waals surface area contributed by atoms with Gasteiger partial charge in [0.25, 0.3) is 0 Å². The Kier molecular flexibility index (Phi) is 4.34. The van der Waals surface area contributed by atoms with Gasteiger partial charge in [0.05, 0.1) is 13.6 Å². The summed E-state index contributed by atoms with van der Waals surface area (Å²) in [5.41, 5.74) is 0. The number of hydrogen-bond acceptors (Lipinski definition) is 5. The van der Waals surface area contributed by atoms with E-state index in [0.29, 0.717) is 12.4 Å². The lowest BCUT2D eigenvalue weighted by Gasteiger charge is -1.99. The minimum absolute atomic E-state index is 0.255. The largest absolute Gasteiger partial charge is 0.396 e. The topological polar surface area (TPSA) is 75.9 Å². The van der Waals surface area contributed by atoms with E-state index >= 15 is 0 Å². The molecule has 0 atom stereocenters. The van der Waals surface area contributed by atoms with E-state index in [0.717, 1.165) is 19.4 Å². The molecule has 74 valence electrons. The zero-order valence-corrected chi connectivity index (χ0v) is 7.77. The molecule has 1 rings (SSSR count). The molecule has 0 aromatic carbocycles. The predicted molar refractivity (Wildman–Crippen MR) is 46.8 cm³/mol. The van der Waals surface area contributed by atoms with Gasteiger partial charge >= 0.3 is 0 Å². The maximum absolute atomic E-state index is 8.52. The Morgan fingerprint density at radius 2 is 2.31 bits per heavy atom. The number of aliphatic hydroxyl groups is 1. The predicted octanol–water partition coefficient (Wildman–Crippen LogP) is -0.928. The van der Waals surface area contributed by atoms with Crippen LogP contribution in [0.2, 0.25) is 0 Å². The number of nitrogens with one attached hydrogen (secondary N) is 1. The smallest absolute Gasteiger partial charge is 0.188 e. The first-order valence-electron chi connectivity index (χ1n) is 4.37. The molecule has 13 heavy (non-hydrogen) atoms. The van der Waals surface area contributed by atoms with E-state index < -0.39 is 0 Å². The Labute approximate surface area is 76.9 Å². The molecule has 1 aromatic heterocycles. The van der Waals surface area contributed by atoms with Gasteiger partial charge < -0.3 is 10.4 Å². The van der Waals surface area contributed by atoms with Gasteiger partial charge in [-0.15, -0.1) is 10.2 Å². The van der Waals surface area contributed by atoms with Gasteiger partial charge in [-0.05, 0) is 24.6 Å². The van der Waals surface area contributed by atoms with Crippen LogP contribution in [0.15, 0.2) is 0 Å². The molecule has 0 unspecified atom stereocenters. The molecule has 6 nitrogen and oxygen atoms in total. The SMILES string of the molecule is Cn1nnc(CNCCCCO)n1. The molecule has 0 aliphatic heterocycles. The highest BCUT2D eigenvalue weighted by atomic mass is 16.2. The third kappa shape index (κ3) is 3.95. The summed E-state index contributed by atoms with van der Waals surface area (Å²) in [5, 5.41) is 23.2. The second kappa shape index (κ2) is 5.60. The summed E-state index contributed by atoms with van der Waals surface area (Å²) in [5.74, 6) is 0.700. The van der Waals surface area contributed by atoms with Crippen LogP contribution in [0.5, 0.6) is 0 Å². The molecule has 0 radical (unpaired) electrons. The molecule has 1 heterocycles. The summed E-state index contributed by atoms with van der Waals surface area (Å²) in [7, 11) is 1.74. The zero-order chi connectivity index (χ0) is 9.52. The van der Waals surface area contributed by atoms with Gasteiger partial charge in [-0.2, -0.15) is 4.80 Å². The van der Waals surface area contributed by atoms with Crippen molar-refractivity contribution in [2.24, 2.45) is 7.05 Å². The monoisotopic (exact) mass is 185 g/mol. The van der Waals surface area contributed by atoms with E-state index in [4.69, 9.17) is 5.11 Å². The molecule has 1 aromatic rings. The van der Waals surface area contributed by atoms with E-state index in [2.05, 4.69) is 20.7 Å². The lowest BCUT2D eigenvalue weighted by molar-refractivity contribution is 0.283. The second-order valence-electron chi connectivity index (χ2n) is 2.80. The van der Waals surface area contributed by atoms with Crippen molar-refractivity contribution in [2.45, 2.75) is 19.4 Å². The molecule has 0 saturated carbocycles. The summed E-state index contributed by atoms with van der Waals surface area (Å²) in [6.07, 6.45) is 1.80. The van der Waals surface area contributed by atoms with Crippen LogP contribution in [0.3, 0.4) is 0 Å². The van der Waals surface area contributed by atoms with Crippen molar-refractivity contribution in [3.63, 3.8) is 0 Å². The van der Waals surface area contributed by atoms with Crippen LogP contribution in [0.25, 0.3) is 0 Å². The highest BCUT2D eigenvalue weighted by molar-refractivity contribution is 4.74. The van der Waals surface area contributed by atoms with Crippen LogP contribution in [0.1, 0.15) is 18.7 Å². The lowest BCUT2D eigenvalue weighted by atomic mass is 10.3. The van der Waals surface area contributed by atoms with E-state index in [1.165, 1.54) is 4.80 Å². The molecule has 0 aliphatic rings. The van der Waals surface area contributed by atoms with Crippen molar-refractivity contribution in [1.29, 1.82) is 0 Å². The van der Waals surface area contributed by atoms with Gasteiger partial charge in [0.1, 0.15) is 0 Å². The van der Waals surface area contributed by atoms with Gasteiger partial charge in [0.15, 0.2) is 5.82 Å². The first-order valence-corrected chi connectivity index (χ1v) is 4.37. The van der Waals surface area contributed by atoms with Gasteiger partial charge in [-0.1, -0.05) is 0 Å². The van der Waals surface area contributed by atoms with Crippen molar-refractivity contribution >= 4 is 0 Å². The third-order valence-electron chi connectivity index (χ3n) is 1.59. The van der Waals surface area contributed by atoms with Gasteiger partial charge in [-0.25, -0.2) is 0 Å². The number of aliphatic hydroxyl groups excluding tert-OH is 1. The summed E-state index contributed by atoms with van der Waals surface area (Å²) < 4.78 is 0. The number of hydrogen-bond donors (Lipinski definition) is 2. The van der Waals surface area contributed by atoms with Crippen molar-refractivity contribution in [3.05, 3.63) is 5.82 Å². The lowest BCUT2D eigenvalue weighted by Crippen LogP contribution is -2.16. The fourth-order valence-corrected chi connectivity index (χ4v) is 0.956. The van der Waals surface area contributed by atoms with Crippen LogP contribution in [0, 0.1) is 0 Å². The standard InChI is InChI=1S/C7H15N5O/c1-12-10-7(9-11-12)6-8-4-2-3-5-13/h8,13H,2-6H2,1H3. The van der Waals surface area contributed by atoms with Crippen molar-refractivity contribution < 1.29 is 5.11 Å². The maximum atomic E-state index is 8.52. The Morgan fingerprint density at radius 3 is 2.92 bits per heavy atom. The number of aromatic nitrogens is 4. The number of aryl methyl sites for hydroxylation is 1. The third-order valence-corrected chi connectivity index (χ3v) is 1.59. The molecule has 0 amide bonds. The van der Waals surface area contributed by atoms with Crippen LogP contribution >= 0.6 is 0 Å². The van der Waals surface area contributed by atoms with Crippen LogP contribution in [-0.2, 0) is 13.6 Å². The number of unbranched alkanes of at least 4 members (excludes halogenated alkanes) is 1. The zero-order valence-electron chi connectivity index (χ0n) is 7.77. The number of tetrazole rings is 1. The quantitative estimate of drug-likeness (QED) is 0.560. The molecule has 0 bridgehead atoms. The van der Waals surface area contributed by atoms with Gasteiger partial charge in [0.2, 0.25) is 0 Å². The summed E-state index contributed by atoms with van der Waals surface area (Å²) in [6, 6.07) is 0. The number of rotatable bonds is 6. The molecule has 2 N–H and O–H groups in total. The molecule has 0 spiro atoms. The van der Waals surface area contributed by atoms with Gasteiger partial charge in [0, 0.05) is 6.61 Å². The molecule has 0 aliphatic carbocycles. The molecular formula is C7H15N5O. The summed E-state index contributed by atoms with van der Waals surface area (Å²) in [4.78, 5) is 1.44. The average Bonchev–Trinajstić information content (AvgIpc) is 2.51. The minimum atomic E-state index is 0.255. The summed E-state index contributed by atoms with van der Waals surface area (Å²) in [6.45, 7) is 1.77. The molecule has 0 saturated heterocycles. The average molecular weight is 185 g/mol. The van der Waals surface area contributed by atoms with E-state index in [-0.39, 0.29) is 6.61 Å². The Bertz CT molecular complexity index is 237. The van der Waals surface area contributed by atoms with Crippen molar-refractivity contribution in [1.82, 2.24) is 25.5 Å². The highest BCUT2D eigenvalue weighted by Gasteiger charge is 1.97. The molecule has 0 fully saturated rings. The second-order valence-corrected chi connectivity index (χ2v) is 2.80. The van der Waals surface area contributed by atoms with Gasteiger partial charge in [-0.3, -0.25) is 0 Å². The van der Waals surface area contributed by atoms with Crippen molar-refractivity contribution in [3.8, 4) is 0 Å². The van der Waals surface area contributed by atoms with Crippen LogP contribution < -0.4 is 5.32 Å². The first kappa shape index (κ1) is 10.1. The van der Waals surface area contributed by atoms with Crippen LogP contribution in [0.4, 0.5) is 0 Å².